The molecule has 9 heteroatoms. The van der Waals surface area contributed by atoms with Gasteiger partial charge in [0.05, 0.1) is 17.9 Å². The molecule has 2 N–H and O–H groups in total. The lowest BCUT2D eigenvalue weighted by molar-refractivity contribution is -0.118. The van der Waals surface area contributed by atoms with Gasteiger partial charge in [-0.15, -0.1) is 10.2 Å². The number of ether oxygens (including phenoxy) is 1. The van der Waals surface area contributed by atoms with Gasteiger partial charge < -0.3 is 19.9 Å². The molecule has 0 saturated carbocycles. The number of aromatic nitrogens is 3. The molecule has 4 rings (SSSR count). The summed E-state index contributed by atoms with van der Waals surface area (Å²) in [5.74, 6) is 0.348. The van der Waals surface area contributed by atoms with Gasteiger partial charge in [-0.2, -0.15) is 0 Å². The molecule has 0 unspecified atom stereocenters. The molecule has 1 fully saturated rings. The Hall–Kier alpha value is -2.65. The minimum atomic E-state index is -0.375. The van der Waals surface area contributed by atoms with Crippen LogP contribution < -0.4 is 10.6 Å². The van der Waals surface area contributed by atoms with Gasteiger partial charge in [0.15, 0.2) is 10.9 Å². The molecule has 1 aromatic heterocycles. The molecule has 2 atom stereocenters. The molecule has 182 valence electrons. The van der Waals surface area contributed by atoms with Crippen molar-refractivity contribution in [2.75, 3.05) is 18.6 Å². The molecule has 0 radical (unpaired) electrons. The number of ketones is 1. The minimum absolute atomic E-state index is 0.0260. The number of thioether (sulfide) groups is 1. The van der Waals surface area contributed by atoms with E-state index in [1.54, 1.807) is 6.08 Å². The largest absolute Gasteiger partial charge is 0.376 e. The summed E-state index contributed by atoms with van der Waals surface area (Å²) in [5, 5.41) is 8.97. The second-order valence-corrected chi connectivity index (χ2v) is 10.8. The second kappa shape index (κ2) is 9.92. The highest BCUT2D eigenvalue weighted by atomic mass is 32.2. The minimum Gasteiger partial charge on any atom is -0.376 e. The molecule has 0 spiro atoms. The molecular formula is C25H33N5O3S. The zero-order valence-electron chi connectivity index (χ0n) is 20.3. The Bertz CT molecular complexity index is 1100. The molecule has 0 aliphatic carbocycles. The van der Waals surface area contributed by atoms with E-state index in [9.17, 15) is 9.59 Å². The van der Waals surface area contributed by atoms with Crippen LogP contribution in [0.25, 0.3) is 0 Å². The number of carbonyl (C=O) groups is 2. The van der Waals surface area contributed by atoms with Gasteiger partial charge in [-0.1, -0.05) is 43.8 Å². The second-order valence-electron chi connectivity index (χ2n) is 9.50. The van der Waals surface area contributed by atoms with Crippen molar-refractivity contribution in [3.63, 3.8) is 0 Å². The van der Waals surface area contributed by atoms with E-state index in [-0.39, 0.29) is 34.9 Å². The lowest BCUT2D eigenvalue weighted by Crippen LogP contribution is -2.25. The number of carbonyl (C=O) groups excluding carboxylic acids is 2. The normalized spacial score (nSPS) is 21.1. The Morgan fingerprint density at radius 1 is 1.32 bits per heavy atom. The first-order valence-electron chi connectivity index (χ1n) is 11.8. The van der Waals surface area contributed by atoms with Crippen molar-refractivity contribution in [1.29, 1.82) is 0 Å². The van der Waals surface area contributed by atoms with Crippen LogP contribution in [-0.4, -0.2) is 51.5 Å². The average molecular weight is 484 g/mol. The molecule has 1 saturated heterocycles. The first-order chi connectivity index (χ1) is 16.2. The van der Waals surface area contributed by atoms with Crippen molar-refractivity contribution in [3.8, 4) is 0 Å². The molecule has 2 aliphatic rings. The smallest absolute Gasteiger partial charge is 0.217 e. The number of nitrogens with two attached hydrogens (primary N) is 1. The summed E-state index contributed by atoms with van der Waals surface area (Å²) in [6, 6.07) is 8.26. The summed E-state index contributed by atoms with van der Waals surface area (Å²) in [5.41, 5.74) is 8.41. The molecule has 0 bridgehead atoms. The maximum atomic E-state index is 13.3. The number of para-hydroxylation sites is 1. The van der Waals surface area contributed by atoms with Crippen LogP contribution in [0.15, 0.2) is 41.2 Å². The van der Waals surface area contributed by atoms with E-state index >= 15 is 0 Å². The lowest BCUT2D eigenvalue weighted by atomic mass is 9.83. The molecule has 3 heterocycles. The highest BCUT2D eigenvalue weighted by Gasteiger charge is 2.39. The Labute approximate surface area is 204 Å². The van der Waals surface area contributed by atoms with Crippen molar-refractivity contribution >= 4 is 29.1 Å². The summed E-state index contributed by atoms with van der Waals surface area (Å²) < 4.78 is 7.80. The number of rotatable bonds is 9. The third-order valence-corrected chi connectivity index (χ3v) is 7.80. The van der Waals surface area contributed by atoms with Crippen LogP contribution >= 0.6 is 11.8 Å². The monoisotopic (exact) mass is 483 g/mol. The van der Waals surface area contributed by atoms with Crippen LogP contribution in [0.3, 0.4) is 0 Å². The number of aryl methyl sites for hydroxylation is 1. The number of hydrogen-bond acceptors (Lipinski definition) is 7. The van der Waals surface area contributed by atoms with E-state index in [1.165, 1.54) is 17.3 Å². The van der Waals surface area contributed by atoms with Crippen molar-refractivity contribution in [2.45, 2.75) is 74.9 Å². The van der Waals surface area contributed by atoms with Gasteiger partial charge in [0, 0.05) is 49.4 Å². The number of anilines is 1. The first kappa shape index (κ1) is 24.5. The van der Waals surface area contributed by atoms with E-state index in [0.29, 0.717) is 23.9 Å². The van der Waals surface area contributed by atoms with Crippen LogP contribution in [0.5, 0.6) is 0 Å². The van der Waals surface area contributed by atoms with Gasteiger partial charge in [-0.25, -0.2) is 0 Å². The summed E-state index contributed by atoms with van der Waals surface area (Å²) in [6.07, 6.45) is 4.48. The molecule has 8 nitrogen and oxygen atoms in total. The van der Waals surface area contributed by atoms with Crippen LogP contribution in [-0.2, 0) is 32.7 Å². The predicted octanol–water partition coefficient (Wildman–Crippen LogP) is 3.24. The maximum absolute atomic E-state index is 13.3. The fourth-order valence-electron chi connectivity index (χ4n) is 4.73. The van der Waals surface area contributed by atoms with Gasteiger partial charge in [0.25, 0.3) is 0 Å². The van der Waals surface area contributed by atoms with Crippen LogP contribution in [0, 0.1) is 0 Å². The van der Waals surface area contributed by atoms with Gasteiger partial charge >= 0.3 is 0 Å². The van der Waals surface area contributed by atoms with Crippen molar-refractivity contribution in [3.05, 3.63) is 47.4 Å². The number of nitrogens with zero attached hydrogens (tertiary/aromatic N) is 4. The van der Waals surface area contributed by atoms with Gasteiger partial charge in [-0.3, -0.25) is 9.59 Å². The summed E-state index contributed by atoms with van der Waals surface area (Å²) in [7, 11) is 2.01. The summed E-state index contributed by atoms with van der Waals surface area (Å²) in [6.45, 7) is 7.55. The standard InChI is InChI=1S/C25H33N5O3S/c1-16(20(31)14-21-25(2,3)18-9-5-6-10-19(18)29(21)4)34-24-28-27-23(12-11-22(26)32)30(24)15-17-8-7-13-33-17/h5-6,9-10,14,16-17H,7-8,11-13,15H2,1-4H3,(H2,26,32)/b21-14+/t16-,17+/m1/s1. The van der Waals surface area contributed by atoms with Gasteiger partial charge in [-0.05, 0) is 31.4 Å². The first-order valence-corrected chi connectivity index (χ1v) is 12.6. The maximum Gasteiger partial charge on any atom is 0.217 e. The zero-order valence-corrected chi connectivity index (χ0v) is 21.1. The Morgan fingerprint density at radius 2 is 2.09 bits per heavy atom. The molecule has 1 aromatic carbocycles. The third-order valence-electron chi connectivity index (χ3n) is 6.70. The number of hydrogen-bond donors (Lipinski definition) is 1. The van der Waals surface area contributed by atoms with Crippen LogP contribution in [0.2, 0.25) is 0 Å². The third kappa shape index (κ3) is 4.90. The van der Waals surface area contributed by atoms with E-state index in [0.717, 1.165) is 30.8 Å². The van der Waals surface area contributed by atoms with Gasteiger partial charge in [0.1, 0.15) is 5.82 Å². The number of fused-ring (bicyclic) bond motifs is 1. The quantitative estimate of drug-likeness (QED) is 0.431. The Balaban J connectivity index is 1.53. The predicted molar refractivity (Wildman–Crippen MR) is 133 cm³/mol. The molecule has 2 aliphatic heterocycles. The molecular weight excluding hydrogens is 450 g/mol. The number of primary amides is 1. The molecule has 1 amide bonds. The summed E-state index contributed by atoms with van der Waals surface area (Å²) in [4.78, 5) is 26.7. The Kier molecular flexibility index (Phi) is 7.14. The van der Waals surface area contributed by atoms with E-state index in [2.05, 4.69) is 41.1 Å². The fourth-order valence-corrected chi connectivity index (χ4v) is 5.62. The lowest BCUT2D eigenvalue weighted by Gasteiger charge is -2.24. The van der Waals surface area contributed by atoms with Crippen LogP contribution in [0.4, 0.5) is 5.69 Å². The topological polar surface area (TPSA) is 103 Å². The van der Waals surface area contributed by atoms with Crippen molar-refractivity contribution in [2.24, 2.45) is 5.73 Å². The van der Waals surface area contributed by atoms with E-state index < -0.39 is 0 Å². The number of likely N-dealkylation sites (N-methyl/N-ethyl adjacent to an activating group) is 1. The highest BCUT2D eigenvalue weighted by molar-refractivity contribution is 8.00. The fraction of sp³-hybridized carbons (Fsp3) is 0.520. The number of benzene rings is 1. The van der Waals surface area contributed by atoms with Crippen LogP contribution in [0.1, 0.15) is 51.4 Å². The van der Waals surface area contributed by atoms with E-state index in [4.69, 9.17) is 10.5 Å². The van der Waals surface area contributed by atoms with E-state index in [1.807, 2.05) is 30.7 Å². The number of allylic oxidation sites excluding steroid dienone is 2. The summed E-state index contributed by atoms with van der Waals surface area (Å²) >= 11 is 1.39. The Morgan fingerprint density at radius 3 is 2.76 bits per heavy atom. The number of amides is 1. The molecule has 34 heavy (non-hydrogen) atoms. The zero-order chi connectivity index (χ0) is 24.5. The molecule has 2 aromatic rings. The highest BCUT2D eigenvalue weighted by Crippen LogP contribution is 2.46. The van der Waals surface area contributed by atoms with Gasteiger partial charge in [0.2, 0.25) is 5.91 Å². The van der Waals surface area contributed by atoms with Crippen molar-refractivity contribution < 1.29 is 14.3 Å². The average Bonchev–Trinajstić information content (AvgIpc) is 3.49. The SMILES string of the molecule is C[C@@H](Sc1nnc(CCC(N)=O)n1C[C@@H]1CCCO1)C(=O)/C=C1/N(C)c2ccccc2C1(C)C. The van der Waals surface area contributed by atoms with Crippen molar-refractivity contribution in [1.82, 2.24) is 14.8 Å².